The summed E-state index contributed by atoms with van der Waals surface area (Å²) in [5.74, 6) is -1.62. The minimum absolute atomic E-state index is 0.00711. The molecule has 2 aliphatic heterocycles. The van der Waals surface area contributed by atoms with Crippen LogP contribution in [0.3, 0.4) is 0 Å². The van der Waals surface area contributed by atoms with E-state index in [-0.39, 0.29) is 35.8 Å². The van der Waals surface area contributed by atoms with Gasteiger partial charge in [0.05, 0.1) is 27.7 Å². The molecule has 1 saturated heterocycles. The second-order valence-electron chi connectivity index (χ2n) is 10.0. The van der Waals surface area contributed by atoms with E-state index in [4.69, 9.17) is 9.84 Å². The van der Waals surface area contributed by atoms with Crippen LogP contribution >= 0.6 is 23.1 Å². The van der Waals surface area contributed by atoms with E-state index < -0.39 is 16.9 Å². The number of hydrogen-bond acceptors (Lipinski definition) is 6. The number of para-hydroxylation sites is 1. The van der Waals surface area contributed by atoms with Gasteiger partial charge in [-0.1, -0.05) is 30.3 Å². The van der Waals surface area contributed by atoms with Gasteiger partial charge < -0.3 is 10.1 Å². The summed E-state index contributed by atoms with van der Waals surface area (Å²) in [6.07, 6.45) is 1.78. The zero-order chi connectivity index (χ0) is 28.5. The Balaban J connectivity index is 1.53. The van der Waals surface area contributed by atoms with Crippen molar-refractivity contribution in [3.8, 4) is 16.3 Å². The van der Waals surface area contributed by atoms with Crippen molar-refractivity contribution in [1.82, 2.24) is 15.1 Å². The fourth-order valence-electron chi connectivity index (χ4n) is 5.28. The van der Waals surface area contributed by atoms with Gasteiger partial charge in [-0.05, 0) is 48.9 Å². The van der Waals surface area contributed by atoms with Crippen molar-refractivity contribution >= 4 is 40.7 Å². The smallest absolute Gasteiger partial charge is 0.240 e. The molecule has 7 nitrogen and oxygen atoms in total. The molecule has 0 spiro atoms. The molecule has 2 aromatic heterocycles. The van der Waals surface area contributed by atoms with Crippen LogP contribution in [0.4, 0.5) is 14.6 Å². The number of nitrogens with zero attached hydrogens (tertiary/aromatic N) is 3. The third-order valence-electron chi connectivity index (χ3n) is 7.28. The van der Waals surface area contributed by atoms with Crippen molar-refractivity contribution in [2.24, 2.45) is 0 Å². The fourth-order valence-corrected chi connectivity index (χ4v) is 7.22. The van der Waals surface area contributed by atoms with Crippen molar-refractivity contribution in [2.45, 2.75) is 31.1 Å². The quantitative estimate of drug-likeness (QED) is 0.299. The van der Waals surface area contributed by atoms with Gasteiger partial charge in [-0.2, -0.15) is 5.10 Å². The molecule has 2 aliphatic rings. The highest BCUT2D eigenvalue weighted by molar-refractivity contribution is 8.00. The zero-order valence-corrected chi connectivity index (χ0v) is 23.9. The maximum absolute atomic E-state index is 15.3. The Kier molecular flexibility index (Phi) is 7.92. The number of aryl methyl sites for hydroxylation is 1. The van der Waals surface area contributed by atoms with Crippen LogP contribution in [0.1, 0.15) is 34.8 Å². The van der Waals surface area contributed by atoms with E-state index in [1.807, 2.05) is 48.7 Å². The first kappa shape index (κ1) is 27.6. The van der Waals surface area contributed by atoms with Crippen molar-refractivity contribution in [3.05, 3.63) is 88.3 Å². The molecule has 212 valence electrons. The predicted octanol–water partition coefficient (Wildman–Crippen LogP) is 5.65. The highest BCUT2D eigenvalue weighted by Gasteiger charge is 2.39. The summed E-state index contributed by atoms with van der Waals surface area (Å²) >= 11 is 2.72. The molecular weight excluding hydrogens is 566 g/mol. The topological polar surface area (TPSA) is 76.5 Å². The van der Waals surface area contributed by atoms with Gasteiger partial charge in [0.2, 0.25) is 11.8 Å². The molecule has 1 fully saturated rings. The fraction of sp³-hybridized carbons (Fsp3) is 0.300. The molecule has 6 rings (SSSR count). The average Bonchev–Trinajstić information content (AvgIpc) is 3.72. The van der Waals surface area contributed by atoms with Crippen LogP contribution in [0.25, 0.3) is 16.3 Å². The first-order valence-electron chi connectivity index (χ1n) is 13.4. The molecule has 0 unspecified atom stereocenters. The molecule has 4 aromatic rings. The van der Waals surface area contributed by atoms with E-state index in [0.717, 1.165) is 35.0 Å². The van der Waals surface area contributed by atoms with Crippen molar-refractivity contribution < 1.29 is 23.1 Å². The number of fused-ring (bicyclic) bond motifs is 1. The average molecular weight is 595 g/mol. The lowest BCUT2D eigenvalue weighted by Gasteiger charge is -2.24. The summed E-state index contributed by atoms with van der Waals surface area (Å²) in [7, 11) is 0. The standard InChI is InChI=1S/C30H28F2N4O3S2/c1-18-6-2-3-8-23(18)36-30-27(28(34-36)24-9-5-13-40-24)29(21-11-10-19(31)14-22(21)32)41-17-26(38)35(30)16-25(37)33-15-20-7-4-12-39-20/h2-3,5-6,8-11,13-14,20,29H,4,7,12,15-17H2,1H3,(H,33,37)/t20-,29+/m1/s1. The number of ether oxygens (including phenoxy) is 1. The third kappa shape index (κ3) is 5.53. The van der Waals surface area contributed by atoms with Gasteiger partial charge in [-0.3, -0.25) is 14.5 Å². The Morgan fingerprint density at radius 1 is 1.17 bits per heavy atom. The summed E-state index contributed by atoms with van der Waals surface area (Å²) in [5, 5.41) is 9.16. The summed E-state index contributed by atoms with van der Waals surface area (Å²) in [4.78, 5) is 29.3. The Morgan fingerprint density at radius 3 is 2.76 bits per heavy atom. The van der Waals surface area contributed by atoms with Crippen LogP contribution in [-0.4, -0.2) is 53.1 Å². The number of halogens is 2. The largest absolute Gasteiger partial charge is 0.376 e. The monoisotopic (exact) mass is 594 g/mol. The number of thiophene rings is 1. The highest BCUT2D eigenvalue weighted by Crippen LogP contribution is 2.49. The van der Waals surface area contributed by atoms with Gasteiger partial charge >= 0.3 is 0 Å². The first-order valence-corrected chi connectivity index (χ1v) is 15.3. The van der Waals surface area contributed by atoms with E-state index in [9.17, 15) is 14.0 Å². The molecule has 0 radical (unpaired) electrons. The van der Waals surface area contributed by atoms with Crippen molar-refractivity contribution in [3.63, 3.8) is 0 Å². The lowest BCUT2D eigenvalue weighted by molar-refractivity contribution is -0.123. The van der Waals surface area contributed by atoms with Crippen LogP contribution in [0.5, 0.6) is 0 Å². The highest BCUT2D eigenvalue weighted by atomic mass is 32.2. The molecule has 0 bridgehead atoms. The van der Waals surface area contributed by atoms with Crippen LogP contribution in [0, 0.1) is 18.6 Å². The third-order valence-corrected chi connectivity index (χ3v) is 9.40. The summed E-state index contributed by atoms with van der Waals surface area (Å²) in [5.41, 5.74) is 3.07. The molecule has 1 N–H and O–H groups in total. The Bertz CT molecular complexity index is 1580. The number of nitrogens with one attached hydrogen (secondary N) is 1. The molecule has 11 heteroatoms. The number of benzene rings is 2. The lowest BCUT2D eigenvalue weighted by atomic mass is 10.0. The van der Waals surface area contributed by atoms with Gasteiger partial charge in [0.15, 0.2) is 0 Å². The zero-order valence-electron chi connectivity index (χ0n) is 22.3. The van der Waals surface area contributed by atoms with Crippen molar-refractivity contribution in [1.29, 1.82) is 0 Å². The first-order chi connectivity index (χ1) is 19.9. The van der Waals surface area contributed by atoms with Crippen LogP contribution < -0.4 is 10.2 Å². The summed E-state index contributed by atoms with van der Waals surface area (Å²) in [6, 6.07) is 14.9. The predicted molar refractivity (Wildman–Crippen MR) is 157 cm³/mol. The molecule has 2 aromatic carbocycles. The van der Waals surface area contributed by atoms with E-state index in [2.05, 4.69) is 5.32 Å². The molecule has 0 aliphatic carbocycles. The number of thioether (sulfide) groups is 1. The molecule has 2 atom stereocenters. The van der Waals surface area contributed by atoms with E-state index >= 15 is 4.39 Å². The van der Waals surface area contributed by atoms with Crippen LogP contribution in [-0.2, 0) is 14.3 Å². The molecule has 0 saturated carbocycles. The van der Waals surface area contributed by atoms with Crippen LogP contribution in [0.2, 0.25) is 0 Å². The number of carbonyl (C=O) groups is 2. The van der Waals surface area contributed by atoms with E-state index in [0.29, 0.717) is 30.2 Å². The Morgan fingerprint density at radius 2 is 2.02 bits per heavy atom. The molecule has 2 amide bonds. The summed E-state index contributed by atoms with van der Waals surface area (Å²) in [6.45, 7) is 2.74. The van der Waals surface area contributed by atoms with E-state index in [1.165, 1.54) is 40.1 Å². The second kappa shape index (κ2) is 11.8. The number of aromatic nitrogens is 2. The molecule has 4 heterocycles. The van der Waals surface area contributed by atoms with Gasteiger partial charge in [0.25, 0.3) is 0 Å². The van der Waals surface area contributed by atoms with E-state index in [1.54, 1.807) is 4.68 Å². The van der Waals surface area contributed by atoms with Gasteiger partial charge in [0.1, 0.15) is 29.7 Å². The molecular formula is C30H28F2N4O3S2. The van der Waals surface area contributed by atoms with Crippen LogP contribution in [0.15, 0.2) is 60.0 Å². The maximum Gasteiger partial charge on any atom is 0.240 e. The van der Waals surface area contributed by atoms with Crippen molar-refractivity contribution in [2.75, 3.05) is 30.3 Å². The number of carbonyl (C=O) groups excluding carboxylic acids is 2. The minimum Gasteiger partial charge on any atom is -0.376 e. The number of anilines is 1. The summed E-state index contributed by atoms with van der Waals surface area (Å²) < 4.78 is 36.6. The molecule has 41 heavy (non-hydrogen) atoms. The Hall–Kier alpha value is -3.54. The second-order valence-corrected chi connectivity index (χ2v) is 12.1. The normalized spacial score (nSPS) is 18.8. The SMILES string of the molecule is Cc1ccccc1-n1nc(-c2cccs2)c2c1N(CC(=O)NC[C@H]1CCCO1)C(=O)CS[C@H]2c1ccc(F)cc1F. The lowest BCUT2D eigenvalue weighted by Crippen LogP contribution is -2.44. The number of rotatable bonds is 7. The number of hydrogen-bond donors (Lipinski definition) is 1. The van der Waals surface area contributed by atoms with Gasteiger partial charge in [-0.15, -0.1) is 23.1 Å². The number of amides is 2. The minimum atomic E-state index is -0.704. The Labute approximate surface area is 244 Å². The van der Waals surface area contributed by atoms with Gasteiger partial charge in [0, 0.05) is 30.3 Å². The van der Waals surface area contributed by atoms with Gasteiger partial charge in [-0.25, -0.2) is 13.5 Å². The maximum atomic E-state index is 15.3.